The number of fused-ring (bicyclic) bond motifs is 1. The third-order valence-corrected chi connectivity index (χ3v) is 3.74. The van der Waals surface area contributed by atoms with Gasteiger partial charge in [-0.2, -0.15) is 5.26 Å². The van der Waals surface area contributed by atoms with E-state index < -0.39 is 0 Å². The van der Waals surface area contributed by atoms with Crippen LogP contribution in [0.5, 0.6) is 0 Å². The summed E-state index contributed by atoms with van der Waals surface area (Å²) < 4.78 is 0. The first-order chi connectivity index (χ1) is 9.83. The fraction of sp³-hybridized carbons (Fsp3) is 0.250. The molecule has 1 aromatic heterocycles. The van der Waals surface area contributed by atoms with Crippen molar-refractivity contribution in [2.45, 2.75) is 12.3 Å². The number of nitrogens with two attached hydrogens (primary N) is 1. The molecule has 1 aliphatic rings. The molecule has 1 aliphatic heterocycles. The maximum absolute atomic E-state index is 8.85. The lowest BCUT2D eigenvalue weighted by molar-refractivity contribution is 0.667. The summed E-state index contributed by atoms with van der Waals surface area (Å²) in [5.41, 5.74) is 8.83. The van der Waals surface area contributed by atoms with Gasteiger partial charge in [-0.3, -0.25) is 0 Å². The Bertz CT molecular complexity index is 642. The SMILES string of the molecule is N#Cc1ccc(N2CC(CCN)c3ccccc32)nc1. The highest BCUT2D eigenvalue weighted by Gasteiger charge is 2.29. The number of hydrogen-bond donors (Lipinski definition) is 1. The van der Waals surface area contributed by atoms with E-state index in [0.29, 0.717) is 18.0 Å². The zero-order chi connectivity index (χ0) is 13.9. The van der Waals surface area contributed by atoms with E-state index in [0.717, 1.165) is 18.8 Å². The summed E-state index contributed by atoms with van der Waals surface area (Å²) in [6.45, 7) is 1.59. The molecule has 0 amide bonds. The van der Waals surface area contributed by atoms with Crippen LogP contribution >= 0.6 is 0 Å². The van der Waals surface area contributed by atoms with Crippen LogP contribution in [0.25, 0.3) is 0 Å². The Morgan fingerprint density at radius 3 is 2.85 bits per heavy atom. The molecule has 100 valence electrons. The van der Waals surface area contributed by atoms with Gasteiger partial charge in [-0.1, -0.05) is 18.2 Å². The number of nitriles is 1. The first-order valence-corrected chi connectivity index (χ1v) is 6.76. The number of rotatable bonds is 3. The molecule has 1 aromatic carbocycles. The normalized spacial score (nSPS) is 16.8. The highest BCUT2D eigenvalue weighted by Crippen LogP contribution is 2.41. The van der Waals surface area contributed by atoms with Gasteiger partial charge in [0.2, 0.25) is 0 Å². The average Bonchev–Trinajstić information content (AvgIpc) is 2.87. The van der Waals surface area contributed by atoms with Gasteiger partial charge < -0.3 is 10.6 Å². The Balaban J connectivity index is 1.96. The molecule has 2 N–H and O–H groups in total. The molecular formula is C16H16N4. The topological polar surface area (TPSA) is 65.9 Å². The number of nitrogens with zero attached hydrogens (tertiary/aromatic N) is 3. The van der Waals surface area contributed by atoms with Crippen molar-refractivity contribution in [3.8, 4) is 6.07 Å². The van der Waals surface area contributed by atoms with Crippen LogP contribution < -0.4 is 10.6 Å². The number of benzene rings is 1. The van der Waals surface area contributed by atoms with Crippen molar-refractivity contribution >= 4 is 11.5 Å². The number of anilines is 2. The molecule has 1 atom stereocenters. The molecule has 4 heteroatoms. The lowest BCUT2D eigenvalue weighted by Crippen LogP contribution is -2.18. The second-order valence-electron chi connectivity index (χ2n) is 4.96. The summed E-state index contributed by atoms with van der Waals surface area (Å²) in [5.74, 6) is 1.34. The van der Waals surface area contributed by atoms with Crippen LogP contribution in [0.15, 0.2) is 42.6 Å². The van der Waals surface area contributed by atoms with E-state index in [9.17, 15) is 0 Å². The summed E-state index contributed by atoms with van der Waals surface area (Å²) in [5, 5.41) is 8.85. The molecule has 0 spiro atoms. The van der Waals surface area contributed by atoms with E-state index in [4.69, 9.17) is 11.0 Å². The van der Waals surface area contributed by atoms with Crippen LogP contribution in [-0.2, 0) is 0 Å². The Labute approximate surface area is 118 Å². The van der Waals surface area contributed by atoms with Gasteiger partial charge in [0.05, 0.1) is 5.56 Å². The van der Waals surface area contributed by atoms with E-state index in [1.807, 2.05) is 12.1 Å². The summed E-state index contributed by atoms with van der Waals surface area (Å²) in [7, 11) is 0. The Morgan fingerprint density at radius 1 is 1.30 bits per heavy atom. The highest BCUT2D eigenvalue weighted by molar-refractivity contribution is 5.69. The second-order valence-corrected chi connectivity index (χ2v) is 4.96. The molecule has 0 aliphatic carbocycles. The molecule has 0 saturated carbocycles. The van der Waals surface area contributed by atoms with E-state index in [-0.39, 0.29) is 0 Å². The number of para-hydroxylation sites is 1. The fourth-order valence-corrected chi connectivity index (χ4v) is 2.77. The highest BCUT2D eigenvalue weighted by atomic mass is 15.2. The predicted octanol–water partition coefficient (Wildman–Crippen LogP) is 2.54. The molecule has 3 rings (SSSR count). The van der Waals surface area contributed by atoms with Crippen molar-refractivity contribution in [3.05, 3.63) is 53.7 Å². The zero-order valence-electron chi connectivity index (χ0n) is 11.2. The van der Waals surface area contributed by atoms with Crippen molar-refractivity contribution < 1.29 is 0 Å². The molecular weight excluding hydrogens is 248 g/mol. The van der Waals surface area contributed by atoms with Gasteiger partial charge in [0.25, 0.3) is 0 Å². The van der Waals surface area contributed by atoms with E-state index in [2.05, 4.69) is 34.2 Å². The number of pyridine rings is 1. The Morgan fingerprint density at radius 2 is 2.15 bits per heavy atom. The lowest BCUT2D eigenvalue weighted by Gasteiger charge is -2.18. The fourth-order valence-electron chi connectivity index (χ4n) is 2.77. The maximum Gasteiger partial charge on any atom is 0.133 e. The van der Waals surface area contributed by atoms with Crippen LogP contribution in [0.2, 0.25) is 0 Å². The molecule has 0 radical (unpaired) electrons. The minimum atomic E-state index is 0.452. The number of aromatic nitrogens is 1. The van der Waals surface area contributed by atoms with Gasteiger partial charge in [0.1, 0.15) is 11.9 Å². The molecule has 4 nitrogen and oxygen atoms in total. The molecule has 2 heterocycles. The predicted molar refractivity (Wildman–Crippen MR) is 78.8 cm³/mol. The minimum Gasteiger partial charge on any atom is -0.330 e. The zero-order valence-corrected chi connectivity index (χ0v) is 11.2. The van der Waals surface area contributed by atoms with Crippen molar-refractivity contribution in [2.24, 2.45) is 5.73 Å². The van der Waals surface area contributed by atoms with Crippen LogP contribution in [0.3, 0.4) is 0 Å². The van der Waals surface area contributed by atoms with Gasteiger partial charge in [0.15, 0.2) is 0 Å². The average molecular weight is 264 g/mol. The van der Waals surface area contributed by atoms with Gasteiger partial charge in [-0.15, -0.1) is 0 Å². The lowest BCUT2D eigenvalue weighted by atomic mass is 9.98. The Kier molecular flexibility index (Phi) is 3.36. The van der Waals surface area contributed by atoms with Gasteiger partial charge >= 0.3 is 0 Å². The first kappa shape index (κ1) is 12.6. The van der Waals surface area contributed by atoms with E-state index >= 15 is 0 Å². The summed E-state index contributed by atoms with van der Waals surface area (Å²) >= 11 is 0. The monoisotopic (exact) mass is 264 g/mol. The first-order valence-electron chi connectivity index (χ1n) is 6.76. The number of hydrogen-bond acceptors (Lipinski definition) is 4. The van der Waals surface area contributed by atoms with Gasteiger partial charge in [0, 0.05) is 24.3 Å². The third-order valence-electron chi connectivity index (χ3n) is 3.74. The largest absolute Gasteiger partial charge is 0.330 e. The van der Waals surface area contributed by atoms with Crippen molar-refractivity contribution in [2.75, 3.05) is 18.0 Å². The summed E-state index contributed by atoms with van der Waals surface area (Å²) in [4.78, 5) is 6.60. The molecule has 0 fully saturated rings. The summed E-state index contributed by atoms with van der Waals surface area (Å²) in [6, 6.07) is 14.2. The molecule has 20 heavy (non-hydrogen) atoms. The molecule has 0 saturated heterocycles. The molecule has 1 unspecified atom stereocenters. The molecule has 2 aromatic rings. The van der Waals surface area contributed by atoms with Crippen molar-refractivity contribution in [1.29, 1.82) is 5.26 Å². The van der Waals surface area contributed by atoms with Crippen LogP contribution in [0.1, 0.15) is 23.5 Å². The van der Waals surface area contributed by atoms with Crippen LogP contribution in [0.4, 0.5) is 11.5 Å². The van der Waals surface area contributed by atoms with Gasteiger partial charge in [-0.05, 0) is 36.7 Å². The third kappa shape index (κ3) is 2.13. The minimum absolute atomic E-state index is 0.452. The Hall–Kier alpha value is -2.38. The molecule has 0 bridgehead atoms. The van der Waals surface area contributed by atoms with E-state index in [1.165, 1.54) is 11.3 Å². The van der Waals surface area contributed by atoms with Crippen molar-refractivity contribution in [1.82, 2.24) is 4.98 Å². The quantitative estimate of drug-likeness (QED) is 0.925. The standard InChI is InChI=1S/C16H16N4/c17-8-7-13-11-20(15-4-2-1-3-14(13)15)16-6-5-12(9-18)10-19-16/h1-6,10,13H,7-8,11,17H2. The smallest absolute Gasteiger partial charge is 0.133 e. The van der Waals surface area contributed by atoms with Crippen molar-refractivity contribution in [3.63, 3.8) is 0 Å². The van der Waals surface area contributed by atoms with E-state index in [1.54, 1.807) is 12.3 Å². The van der Waals surface area contributed by atoms with Crippen LogP contribution in [-0.4, -0.2) is 18.1 Å². The summed E-state index contributed by atoms with van der Waals surface area (Å²) in [6.07, 6.45) is 2.60. The second kappa shape index (κ2) is 5.32. The van der Waals surface area contributed by atoms with Gasteiger partial charge in [-0.25, -0.2) is 4.98 Å². The van der Waals surface area contributed by atoms with Crippen LogP contribution in [0, 0.1) is 11.3 Å². The maximum atomic E-state index is 8.85.